The Labute approximate surface area is 116 Å². The van der Waals surface area contributed by atoms with E-state index >= 15 is 0 Å². The van der Waals surface area contributed by atoms with Gasteiger partial charge in [-0.25, -0.2) is 0 Å². The zero-order valence-corrected chi connectivity index (χ0v) is 12.2. The predicted octanol–water partition coefficient (Wildman–Crippen LogP) is 2.85. The van der Waals surface area contributed by atoms with E-state index in [2.05, 4.69) is 28.1 Å². The molecule has 0 aliphatic carbocycles. The Kier molecular flexibility index (Phi) is 4.40. The van der Waals surface area contributed by atoms with Crippen molar-refractivity contribution >= 4 is 21.8 Å². The van der Waals surface area contributed by atoms with E-state index in [1.54, 1.807) is 0 Å². The van der Waals surface area contributed by atoms with Crippen molar-refractivity contribution in [1.29, 1.82) is 0 Å². The predicted molar refractivity (Wildman–Crippen MR) is 76.1 cm³/mol. The number of nitrogens with two attached hydrogens (primary N) is 1. The number of rotatable bonds is 2. The van der Waals surface area contributed by atoms with Crippen LogP contribution in [0.4, 0.5) is 0 Å². The van der Waals surface area contributed by atoms with Gasteiger partial charge < -0.3 is 10.6 Å². The average molecular weight is 311 g/mol. The molecule has 2 unspecified atom stereocenters. The maximum atomic E-state index is 12.1. The number of benzene rings is 1. The highest BCUT2D eigenvalue weighted by molar-refractivity contribution is 9.10. The Bertz CT molecular complexity index is 418. The normalized spacial score (nSPS) is 25.1. The van der Waals surface area contributed by atoms with Crippen molar-refractivity contribution in [3.63, 3.8) is 0 Å². The molecule has 2 atom stereocenters. The Hall–Kier alpha value is -0.870. The van der Waals surface area contributed by atoms with E-state index in [1.807, 2.05) is 24.0 Å². The first-order chi connectivity index (χ1) is 8.63. The Morgan fingerprint density at radius 2 is 2.06 bits per heavy atom. The maximum Gasteiger partial charge on any atom is 0.223 e. The highest BCUT2D eigenvalue weighted by Gasteiger charge is 2.31. The molecule has 1 aliphatic rings. The van der Waals surface area contributed by atoms with Crippen LogP contribution in [0, 0.1) is 0 Å². The highest BCUT2D eigenvalue weighted by atomic mass is 79.9. The lowest BCUT2D eigenvalue weighted by atomic mass is 9.96. The van der Waals surface area contributed by atoms with E-state index in [4.69, 9.17) is 5.73 Å². The van der Waals surface area contributed by atoms with Gasteiger partial charge in [0.2, 0.25) is 5.91 Å². The van der Waals surface area contributed by atoms with Crippen LogP contribution in [0.2, 0.25) is 0 Å². The van der Waals surface area contributed by atoms with Gasteiger partial charge in [0.05, 0.1) is 6.04 Å². The minimum absolute atomic E-state index is 0.0121. The van der Waals surface area contributed by atoms with Crippen molar-refractivity contribution in [3.8, 4) is 0 Å². The molecule has 0 aromatic heterocycles. The van der Waals surface area contributed by atoms with E-state index in [0.717, 1.165) is 22.9 Å². The molecule has 0 bridgehead atoms. The monoisotopic (exact) mass is 310 g/mol. The molecule has 4 heteroatoms. The van der Waals surface area contributed by atoms with Crippen molar-refractivity contribution in [2.24, 2.45) is 5.73 Å². The zero-order valence-electron chi connectivity index (χ0n) is 10.6. The van der Waals surface area contributed by atoms with E-state index in [9.17, 15) is 4.79 Å². The number of amides is 1. The molecule has 1 aromatic carbocycles. The highest BCUT2D eigenvalue weighted by Crippen LogP contribution is 2.30. The van der Waals surface area contributed by atoms with Gasteiger partial charge in [-0.15, -0.1) is 0 Å². The molecule has 1 heterocycles. The van der Waals surface area contributed by atoms with Gasteiger partial charge in [0.25, 0.3) is 0 Å². The molecule has 0 radical (unpaired) electrons. The molecule has 2 rings (SSSR count). The first-order valence-electron chi connectivity index (χ1n) is 6.44. The molecule has 3 nitrogen and oxygen atoms in total. The number of hydrogen-bond donors (Lipinski definition) is 1. The number of nitrogens with zero attached hydrogens (tertiary/aromatic N) is 1. The minimum Gasteiger partial charge on any atom is -0.334 e. The largest absolute Gasteiger partial charge is 0.334 e. The van der Waals surface area contributed by atoms with Gasteiger partial charge >= 0.3 is 0 Å². The average Bonchev–Trinajstić information content (AvgIpc) is 2.49. The van der Waals surface area contributed by atoms with Crippen LogP contribution in [0.25, 0.3) is 0 Å². The fraction of sp³-hybridized carbons (Fsp3) is 0.500. The Morgan fingerprint density at radius 3 is 2.67 bits per heavy atom. The minimum atomic E-state index is 0.0121. The van der Waals surface area contributed by atoms with Crippen LogP contribution in [-0.4, -0.2) is 23.4 Å². The van der Waals surface area contributed by atoms with E-state index in [1.165, 1.54) is 0 Å². The number of carbonyl (C=O) groups is 1. The summed E-state index contributed by atoms with van der Waals surface area (Å²) in [5.74, 6) is 0.221. The molecule has 0 saturated carbocycles. The quantitative estimate of drug-likeness (QED) is 0.913. The second-order valence-electron chi connectivity index (χ2n) is 4.73. The molecule has 1 saturated heterocycles. The summed E-state index contributed by atoms with van der Waals surface area (Å²) in [6, 6.07) is 8.15. The third-order valence-electron chi connectivity index (χ3n) is 3.54. The fourth-order valence-electron chi connectivity index (χ4n) is 2.64. The summed E-state index contributed by atoms with van der Waals surface area (Å²) in [5, 5.41) is 0. The van der Waals surface area contributed by atoms with Crippen LogP contribution in [0.5, 0.6) is 0 Å². The van der Waals surface area contributed by atoms with Crippen molar-refractivity contribution < 1.29 is 4.79 Å². The second kappa shape index (κ2) is 5.85. The Morgan fingerprint density at radius 1 is 1.39 bits per heavy atom. The summed E-state index contributed by atoms with van der Waals surface area (Å²) < 4.78 is 1.04. The molecule has 1 aliphatic heterocycles. The van der Waals surface area contributed by atoms with Crippen molar-refractivity contribution in [2.45, 2.75) is 38.3 Å². The lowest BCUT2D eigenvalue weighted by Crippen LogP contribution is -2.42. The fourth-order valence-corrected chi connectivity index (χ4v) is 2.90. The smallest absolute Gasteiger partial charge is 0.223 e. The molecular formula is C14H19BrN2O. The maximum absolute atomic E-state index is 12.1. The van der Waals surface area contributed by atoms with Gasteiger partial charge in [-0.1, -0.05) is 28.1 Å². The Balaban J connectivity index is 2.35. The molecular weight excluding hydrogens is 292 g/mol. The zero-order chi connectivity index (χ0) is 13.1. The van der Waals surface area contributed by atoms with Gasteiger partial charge in [0.15, 0.2) is 0 Å². The number of hydrogen-bond acceptors (Lipinski definition) is 2. The number of likely N-dealkylation sites (N-methyl/N-ethyl adjacent to an activating group) is 1. The van der Waals surface area contributed by atoms with Crippen LogP contribution >= 0.6 is 15.9 Å². The van der Waals surface area contributed by atoms with Crippen molar-refractivity contribution in [1.82, 2.24) is 4.90 Å². The molecule has 18 heavy (non-hydrogen) atoms. The van der Waals surface area contributed by atoms with E-state index < -0.39 is 0 Å². The van der Waals surface area contributed by atoms with Crippen LogP contribution < -0.4 is 5.73 Å². The van der Waals surface area contributed by atoms with Gasteiger partial charge in [0.1, 0.15) is 0 Å². The molecule has 2 N–H and O–H groups in total. The summed E-state index contributed by atoms with van der Waals surface area (Å²) in [6.07, 6.45) is 2.42. The van der Waals surface area contributed by atoms with E-state index in [0.29, 0.717) is 13.0 Å². The standard InChI is InChI=1S/C14H19BrN2O/c1-2-17-13(18)5-3-4-12(16)14(17)10-6-8-11(15)9-7-10/h6-9,12,14H,2-5,16H2,1H3. The topological polar surface area (TPSA) is 46.3 Å². The van der Waals surface area contributed by atoms with Crippen LogP contribution in [0.1, 0.15) is 37.8 Å². The third-order valence-corrected chi connectivity index (χ3v) is 4.07. The number of carbonyl (C=O) groups excluding carboxylic acids is 1. The molecule has 98 valence electrons. The molecule has 1 fully saturated rings. The summed E-state index contributed by atoms with van der Waals surface area (Å²) in [5.41, 5.74) is 7.40. The SMILES string of the molecule is CCN1C(=O)CCCC(N)C1c1ccc(Br)cc1. The number of halogens is 1. The summed E-state index contributed by atoms with van der Waals surface area (Å²) in [7, 11) is 0. The molecule has 0 spiro atoms. The lowest BCUT2D eigenvalue weighted by molar-refractivity contribution is -0.133. The van der Waals surface area contributed by atoms with Crippen LogP contribution in [0.15, 0.2) is 28.7 Å². The second-order valence-corrected chi connectivity index (χ2v) is 5.65. The van der Waals surface area contributed by atoms with Gasteiger partial charge in [0, 0.05) is 23.5 Å². The third kappa shape index (κ3) is 2.75. The molecule has 1 amide bonds. The summed E-state index contributed by atoms with van der Waals surface area (Å²) in [6.45, 7) is 2.73. The first kappa shape index (κ1) is 13.6. The summed E-state index contributed by atoms with van der Waals surface area (Å²) >= 11 is 3.43. The summed E-state index contributed by atoms with van der Waals surface area (Å²) in [4.78, 5) is 14.0. The first-order valence-corrected chi connectivity index (χ1v) is 7.23. The molecule has 1 aromatic rings. The lowest BCUT2D eigenvalue weighted by Gasteiger charge is -2.33. The van der Waals surface area contributed by atoms with Gasteiger partial charge in [-0.05, 0) is 37.5 Å². The van der Waals surface area contributed by atoms with Crippen LogP contribution in [-0.2, 0) is 4.79 Å². The van der Waals surface area contributed by atoms with Gasteiger partial charge in [-0.3, -0.25) is 4.79 Å². The van der Waals surface area contributed by atoms with E-state index in [-0.39, 0.29) is 18.0 Å². The van der Waals surface area contributed by atoms with Crippen molar-refractivity contribution in [3.05, 3.63) is 34.3 Å². The van der Waals surface area contributed by atoms with Crippen LogP contribution in [0.3, 0.4) is 0 Å². The number of likely N-dealkylation sites (tertiary alicyclic amines) is 1. The van der Waals surface area contributed by atoms with Crippen molar-refractivity contribution in [2.75, 3.05) is 6.54 Å². The van der Waals surface area contributed by atoms with Gasteiger partial charge in [-0.2, -0.15) is 0 Å².